The zero-order chi connectivity index (χ0) is 42.0. The number of nitrogens with one attached hydrogen (secondary N) is 1. The maximum absolute atomic E-state index is 14.2. The molecule has 312 valence electrons. The quantitative estimate of drug-likeness (QED) is 0.0213. The number of ketones is 1. The molecular formula is C43H41Li2N5O11S. The first-order valence-electron chi connectivity index (χ1n) is 19.7. The van der Waals surface area contributed by atoms with Crippen LogP contribution in [0.4, 0.5) is 0 Å². The predicted molar refractivity (Wildman–Crippen MR) is 225 cm³/mol. The number of benzene rings is 4. The van der Waals surface area contributed by atoms with Gasteiger partial charge in [-0.2, -0.15) is 6.42 Å². The van der Waals surface area contributed by atoms with E-state index < -0.39 is 15.9 Å². The summed E-state index contributed by atoms with van der Waals surface area (Å²) in [6, 6.07) is 17.2. The number of nitrogens with zero attached hydrogens (tertiary/aromatic N) is 4. The molecule has 19 heteroatoms. The number of imidazole rings is 2. The van der Waals surface area contributed by atoms with E-state index in [1.807, 2.05) is 0 Å². The van der Waals surface area contributed by atoms with Gasteiger partial charge in [0.15, 0.2) is 5.78 Å². The van der Waals surface area contributed by atoms with Gasteiger partial charge in [0.2, 0.25) is 0 Å². The Hall–Kier alpha value is -4.50. The van der Waals surface area contributed by atoms with E-state index >= 15 is 0 Å². The van der Waals surface area contributed by atoms with Gasteiger partial charge in [-0.25, -0.2) is 18.4 Å². The predicted octanol–water partition coefficient (Wildman–Crippen LogP) is -1.73. The maximum atomic E-state index is 14.2. The number of rotatable bonds is 21. The summed E-state index contributed by atoms with van der Waals surface area (Å²) in [7, 11) is -4.26. The summed E-state index contributed by atoms with van der Waals surface area (Å²) >= 11 is 0. The number of carbonyl (C=O) groups excluding carboxylic acids is 2. The fraction of sp³-hybridized carbons (Fsp3) is 0.326. The number of pyridine rings is 2. The van der Waals surface area contributed by atoms with Crippen molar-refractivity contribution in [2.24, 2.45) is 0 Å². The number of hydrogen-bond donors (Lipinski definition) is 1. The fourth-order valence-electron chi connectivity index (χ4n) is 7.61. The molecule has 8 rings (SSSR count). The molecule has 0 fully saturated rings. The van der Waals surface area contributed by atoms with Crippen molar-refractivity contribution in [3.05, 3.63) is 99.4 Å². The average Bonchev–Trinajstić information content (AvgIpc) is 3.82. The Morgan fingerprint density at radius 3 is 1.68 bits per heavy atom. The third-order valence-corrected chi connectivity index (χ3v) is 11.1. The van der Waals surface area contributed by atoms with Crippen LogP contribution < -0.4 is 54.2 Å². The molecule has 0 radical (unpaired) electrons. The Morgan fingerprint density at radius 2 is 1.13 bits per heavy atom. The van der Waals surface area contributed by atoms with Crippen LogP contribution in [0, 0.1) is 6.92 Å². The maximum Gasteiger partial charge on any atom is 1.00 e. The second-order valence-corrected chi connectivity index (χ2v) is 15.9. The number of amides is 1. The van der Waals surface area contributed by atoms with Gasteiger partial charge in [-0.1, -0.05) is 0 Å². The van der Waals surface area contributed by atoms with Crippen LogP contribution in [-0.4, -0.2) is 109 Å². The van der Waals surface area contributed by atoms with Crippen LogP contribution in [0.15, 0.2) is 70.3 Å². The number of aromatic nitrogens is 4. The topological polar surface area (TPSA) is 209 Å². The molecule has 0 bridgehead atoms. The Morgan fingerprint density at radius 1 is 0.645 bits per heavy atom. The molecule has 0 saturated heterocycles. The molecule has 62 heavy (non-hydrogen) atoms. The molecule has 0 saturated carbocycles. The van der Waals surface area contributed by atoms with Gasteiger partial charge in [-0.15, -0.1) is 0 Å². The van der Waals surface area contributed by atoms with E-state index in [-0.39, 0.29) is 93.2 Å². The summed E-state index contributed by atoms with van der Waals surface area (Å²) in [6.07, 6.45) is 1.48. The standard InChI is InChI=1S/C43H42N5O11S.2Li/c1-2-15-56-19-22-59-18-14-44-41(50)27-7-13-35-33(25-27)46-40-29-9-11-30-37-28(8-10-31(38(29)37)43(52)48(35)40)39-45-32-24-26(6-12-34(32)47(39)42(30)51)36(49)5-3-16-57-20-21-58-17-4-23-60(53,54)55;;/h6-13,24-25H,1-5,14-23H2,(H,44,50)(H,53,54,55);;/q-1;2*+1/p-1. The second kappa shape index (κ2) is 20.3. The van der Waals surface area contributed by atoms with Gasteiger partial charge in [-0.05, 0) is 73.5 Å². The summed E-state index contributed by atoms with van der Waals surface area (Å²) in [5.74, 6) is -0.889. The molecule has 0 spiro atoms. The third kappa shape index (κ3) is 9.53. The first-order chi connectivity index (χ1) is 29.1. The number of carbonyl (C=O) groups is 2. The monoisotopic (exact) mass is 849 g/mol. The van der Waals surface area contributed by atoms with E-state index in [4.69, 9.17) is 28.9 Å². The van der Waals surface area contributed by atoms with Crippen molar-refractivity contribution < 1.29 is 79.2 Å². The molecule has 4 aromatic carbocycles. The van der Waals surface area contributed by atoms with E-state index in [1.165, 1.54) is 4.40 Å². The van der Waals surface area contributed by atoms with Gasteiger partial charge in [0, 0.05) is 82.0 Å². The van der Waals surface area contributed by atoms with Gasteiger partial charge in [0.05, 0.1) is 65.2 Å². The molecule has 1 amide bonds. The number of ether oxygens (including phenoxy) is 4. The van der Waals surface area contributed by atoms with Gasteiger partial charge in [-0.3, -0.25) is 28.0 Å². The van der Waals surface area contributed by atoms with Gasteiger partial charge >= 0.3 is 37.7 Å². The molecule has 4 heterocycles. The molecule has 0 unspecified atom stereocenters. The van der Waals surface area contributed by atoms with Crippen LogP contribution in [0.25, 0.3) is 65.7 Å². The number of Topliss-reactive ketones (excluding diaryl/α,β-unsaturated/α-hetero) is 1. The molecule has 0 atom stereocenters. The number of fused-ring (bicyclic) bond motifs is 8. The Bertz CT molecular complexity index is 3140. The Kier molecular flexibility index (Phi) is 15.4. The largest absolute Gasteiger partial charge is 1.00 e. The second-order valence-electron chi connectivity index (χ2n) is 14.3. The van der Waals surface area contributed by atoms with E-state index in [0.29, 0.717) is 129 Å². The molecule has 4 aromatic heterocycles. The molecule has 1 N–H and O–H groups in total. The van der Waals surface area contributed by atoms with Crippen molar-refractivity contribution in [1.29, 1.82) is 0 Å². The molecular weight excluding hydrogens is 808 g/mol. The van der Waals surface area contributed by atoms with Gasteiger partial charge in [0.1, 0.15) is 11.3 Å². The minimum Gasteiger partial charge on any atom is -0.748 e. The van der Waals surface area contributed by atoms with Gasteiger partial charge in [0.25, 0.3) is 17.0 Å². The Balaban J connectivity index is 0.00000321. The van der Waals surface area contributed by atoms with Crippen molar-refractivity contribution in [1.82, 2.24) is 24.1 Å². The molecule has 16 nitrogen and oxygen atoms in total. The summed E-state index contributed by atoms with van der Waals surface area (Å²) < 4.78 is 56.7. The molecule has 0 aliphatic carbocycles. The fourth-order valence-corrected chi connectivity index (χ4v) is 8.09. The zero-order valence-electron chi connectivity index (χ0n) is 34.6. The summed E-state index contributed by atoms with van der Waals surface area (Å²) in [5.41, 5.74) is 3.04. The van der Waals surface area contributed by atoms with Crippen LogP contribution in [-0.2, 0) is 29.1 Å². The zero-order valence-corrected chi connectivity index (χ0v) is 35.4. The van der Waals surface area contributed by atoms with Crippen molar-refractivity contribution in [2.75, 3.05) is 65.2 Å². The first-order valence-corrected chi connectivity index (χ1v) is 21.2. The van der Waals surface area contributed by atoms with Crippen LogP contribution in [0.2, 0.25) is 0 Å². The normalized spacial score (nSPS) is 12.0. The average molecular weight is 850 g/mol. The summed E-state index contributed by atoms with van der Waals surface area (Å²) in [5, 5.41) is 6.18. The van der Waals surface area contributed by atoms with Crippen LogP contribution >= 0.6 is 0 Å². The SMILES string of the molecule is [CH2-]CCOCCOCCNC(=O)c1ccc2c(c1)nc1c3ccc4c(=O)n5c6ccc(C(=O)CCCOCCOCCCS(=O)(=O)[O-])cc6nc5c5ccc(c(=O)n21)c3c45.[Li+].[Li+]. The van der Waals surface area contributed by atoms with Crippen LogP contribution in [0.3, 0.4) is 0 Å². The third-order valence-electron chi connectivity index (χ3n) is 10.3. The van der Waals surface area contributed by atoms with Crippen molar-refractivity contribution >= 4 is 87.5 Å². The first kappa shape index (κ1) is 47.0. The molecule has 0 aliphatic heterocycles. The molecule has 8 aromatic rings. The minimum absolute atomic E-state index is 0. The van der Waals surface area contributed by atoms with Crippen molar-refractivity contribution in [3.8, 4) is 0 Å². The van der Waals surface area contributed by atoms with Crippen molar-refractivity contribution in [2.45, 2.75) is 25.7 Å². The smallest absolute Gasteiger partial charge is 0.748 e. The molecule has 0 aliphatic rings. The van der Waals surface area contributed by atoms with Crippen molar-refractivity contribution in [3.63, 3.8) is 0 Å². The van der Waals surface area contributed by atoms with E-state index in [0.717, 1.165) is 0 Å². The Labute approximate surface area is 379 Å². The summed E-state index contributed by atoms with van der Waals surface area (Å²) in [4.78, 5) is 64.3. The van der Waals surface area contributed by atoms with E-state index in [2.05, 4.69) is 12.2 Å². The van der Waals surface area contributed by atoms with Crippen LogP contribution in [0.1, 0.15) is 46.4 Å². The summed E-state index contributed by atoms with van der Waals surface area (Å²) in [6.45, 7) is 6.75. The van der Waals surface area contributed by atoms with Gasteiger partial charge < -0.3 is 35.7 Å². The van der Waals surface area contributed by atoms with Crippen LogP contribution in [0.5, 0.6) is 0 Å². The van der Waals surface area contributed by atoms with E-state index in [9.17, 15) is 32.1 Å². The number of hydrogen-bond acceptors (Lipinski definition) is 13. The van der Waals surface area contributed by atoms with E-state index in [1.54, 1.807) is 65.1 Å². The minimum atomic E-state index is -4.26.